The van der Waals surface area contributed by atoms with Gasteiger partial charge in [0.1, 0.15) is 0 Å². The molecule has 0 saturated heterocycles. The average molecular weight is 415 g/mol. The monoisotopic (exact) mass is 415 g/mol. The summed E-state index contributed by atoms with van der Waals surface area (Å²) in [5, 5.41) is 13.8. The van der Waals surface area contributed by atoms with Crippen molar-refractivity contribution < 1.29 is 14.5 Å². The number of carbonyl (C=O) groups excluding carboxylic acids is 2. The van der Waals surface area contributed by atoms with Crippen LogP contribution in [0.25, 0.3) is 6.08 Å². The van der Waals surface area contributed by atoms with Gasteiger partial charge in [0, 0.05) is 25.7 Å². The Kier molecular flexibility index (Phi) is 6.90. The molecule has 0 aliphatic heterocycles. The number of para-hydroxylation sites is 2. The third-order valence-corrected chi connectivity index (χ3v) is 4.57. The number of nitro benzene ring substituents is 1. The van der Waals surface area contributed by atoms with Crippen LogP contribution in [0, 0.1) is 10.1 Å². The molecule has 2 amide bonds. The molecule has 0 bridgehead atoms. The lowest BCUT2D eigenvalue weighted by Crippen LogP contribution is -2.27. The maximum Gasteiger partial charge on any atom is 0.276 e. The summed E-state index contributed by atoms with van der Waals surface area (Å²) in [6.45, 7) is 0.430. The Labute approximate surface area is 179 Å². The summed E-state index contributed by atoms with van der Waals surface area (Å²) in [6, 6.07) is 22.5. The third-order valence-electron chi connectivity index (χ3n) is 4.57. The first kappa shape index (κ1) is 21.4. The predicted molar refractivity (Wildman–Crippen MR) is 119 cm³/mol. The number of hydrogen-bond donors (Lipinski definition) is 1. The molecule has 3 aromatic carbocycles. The number of amides is 2. The summed E-state index contributed by atoms with van der Waals surface area (Å²) in [6.07, 6.45) is 2.58. The zero-order valence-corrected chi connectivity index (χ0v) is 16.9. The number of carbonyl (C=O) groups is 2. The number of hydrogen-bond acceptors (Lipinski definition) is 4. The lowest BCUT2D eigenvalue weighted by Gasteiger charge is -2.19. The molecular weight excluding hydrogens is 394 g/mol. The molecule has 0 heterocycles. The Morgan fingerprint density at radius 1 is 0.968 bits per heavy atom. The van der Waals surface area contributed by atoms with Gasteiger partial charge < -0.3 is 10.2 Å². The second-order valence-electron chi connectivity index (χ2n) is 6.83. The maximum absolute atomic E-state index is 12.9. The van der Waals surface area contributed by atoms with E-state index < -0.39 is 10.8 Å². The van der Waals surface area contributed by atoms with Crippen molar-refractivity contribution in [2.75, 3.05) is 12.4 Å². The zero-order chi connectivity index (χ0) is 22.2. The summed E-state index contributed by atoms with van der Waals surface area (Å²) < 4.78 is 0. The second kappa shape index (κ2) is 9.98. The molecule has 0 atom stereocenters. The molecule has 156 valence electrons. The third kappa shape index (κ3) is 5.63. The van der Waals surface area contributed by atoms with Crippen molar-refractivity contribution in [3.63, 3.8) is 0 Å². The van der Waals surface area contributed by atoms with Gasteiger partial charge in [0.25, 0.3) is 11.6 Å². The largest absolute Gasteiger partial charge is 0.337 e. The Balaban J connectivity index is 1.74. The minimum atomic E-state index is -0.506. The highest BCUT2D eigenvalue weighted by Crippen LogP contribution is 2.20. The van der Waals surface area contributed by atoms with Crippen LogP contribution in [0.3, 0.4) is 0 Å². The van der Waals surface area contributed by atoms with Crippen LogP contribution in [0.5, 0.6) is 0 Å². The van der Waals surface area contributed by atoms with E-state index in [0.717, 1.165) is 5.56 Å². The first-order valence-corrected chi connectivity index (χ1v) is 9.56. The van der Waals surface area contributed by atoms with Crippen LogP contribution in [-0.2, 0) is 11.3 Å². The molecule has 0 aliphatic rings. The van der Waals surface area contributed by atoms with E-state index in [-0.39, 0.29) is 11.6 Å². The second-order valence-corrected chi connectivity index (χ2v) is 6.83. The van der Waals surface area contributed by atoms with Crippen LogP contribution in [0.2, 0.25) is 0 Å². The molecule has 1 N–H and O–H groups in total. The van der Waals surface area contributed by atoms with E-state index in [4.69, 9.17) is 0 Å². The molecule has 0 unspecified atom stereocenters. The number of nitro groups is 1. The SMILES string of the molecule is CN(Cc1ccccc1)C(=O)c1ccccc1NC(=O)/C=C/c1ccccc1[N+](=O)[O-]. The zero-order valence-electron chi connectivity index (χ0n) is 16.9. The van der Waals surface area contributed by atoms with E-state index >= 15 is 0 Å². The first-order chi connectivity index (χ1) is 15.0. The maximum atomic E-state index is 12.9. The minimum absolute atomic E-state index is 0.0929. The van der Waals surface area contributed by atoms with Crippen LogP contribution in [0.15, 0.2) is 84.9 Å². The number of benzene rings is 3. The molecule has 0 spiro atoms. The highest BCUT2D eigenvalue weighted by molar-refractivity contribution is 6.07. The summed E-state index contributed by atoms with van der Waals surface area (Å²) >= 11 is 0. The fourth-order valence-corrected chi connectivity index (χ4v) is 3.05. The number of rotatable bonds is 7. The number of nitrogens with one attached hydrogen (secondary N) is 1. The van der Waals surface area contributed by atoms with Crippen LogP contribution in [0.4, 0.5) is 11.4 Å². The van der Waals surface area contributed by atoms with E-state index in [1.54, 1.807) is 54.4 Å². The molecule has 31 heavy (non-hydrogen) atoms. The molecule has 0 fully saturated rings. The summed E-state index contributed by atoms with van der Waals surface area (Å²) in [5.41, 5.74) is 1.93. The van der Waals surface area contributed by atoms with E-state index in [2.05, 4.69) is 5.32 Å². The van der Waals surface area contributed by atoms with Gasteiger partial charge in [-0.1, -0.05) is 54.6 Å². The van der Waals surface area contributed by atoms with Crippen molar-refractivity contribution in [3.05, 3.63) is 112 Å². The van der Waals surface area contributed by atoms with E-state index in [9.17, 15) is 19.7 Å². The molecule has 3 aromatic rings. The van der Waals surface area contributed by atoms with E-state index in [1.165, 1.54) is 18.2 Å². The first-order valence-electron chi connectivity index (χ1n) is 9.56. The lowest BCUT2D eigenvalue weighted by atomic mass is 10.1. The lowest BCUT2D eigenvalue weighted by molar-refractivity contribution is -0.385. The van der Waals surface area contributed by atoms with Gasteiger partial charge in [-0.05, 0) is 29.8 Å². The quantitative estimate of drug-likeness (QED) is 0.349. The van der Waals surface area contributed by atoms with Gasteiger partial charge in [0.15, 0.2) is 0 Å². The van der Waals surface area contributed by atoms with Crippen molar-refractivity contribution >= 4 is 29.3 Å². The predicted octanol–water partition coefficient (Wildman–Crippen LogP) is 4.52. The molecule has 0 radical (unpaired) electrons. The molecule has 7 heteroatoms. The topological polar surface area (TPSA) is 92.6 Å². The van der Waals surface area contributed by atoms with E-state index in [0.29, 0.717) is 23.4 Å². The number of nitrogens with zero attached hydrogens (tertiary/aromatic N) is 2. The average Bonchev–Trinajstić information content (AvgIpc) is 2.78. The Morgan fingerprint density at radius 3 is 2.35 bits per heavy atom. The van der Waals surface area contributed by atoms with Gasteiger partial charge in [-0.15, -0.1) is 0 Å². The van der Waals surface area contributed by atoms with Gasteiger partial charge in [-0.2, -0.15) is 0 Å². The summed E-state index contributed by atoms with van der Waals surface area (Å²) in [4.78, 5) is 37.5. The minimum Gasteiger partial charge on any atom is -0.337 e. The van der Waals surface area contributed by atoms with Gasteiger partial charge in [-0.25, -0.2) is 0 Å². The van der Waals surface area contributed by atoms with E-state index in [1.807, 2.05) is 30.3 Å². The fraction of sp³-hybridized carbons (Fsp3) is 0.0833. The van der Waals surface area contributed by atoms with Crippen molar-refractivity contribution in [1.82, 2.24) is 4.90 Å². The Bertz CT molecular complexity index is 1130. The molecule has 0 aliphatic carbocycles. The molecule has 3 rings (SSSR count). The molecule has 0 aromatic heterocycles. The fourth-order valence-electron chi connectivity index (χ4n) is 3.05. The Hall–Kier alpha value is -4.26. The highest BCUT2D eigenvalue weighted by atomic mass is 16.6. The van der Waals surface area contributed by atoms with Crippen molar-refractivity contribution in [2.24, 2.45) is 0 Å². The molecular formula is C24H21N3O4. The van der Waals surface area contributed by atoms with Crippen molar-refractivity contribution in [3.8, 4) is 0 Å². The van der Waals surface area contributed by atoms with Crippen LogP contribution in [0.1, 0.15) is 21.5 Å². The normalized spacial score (nSPS) is 10.6. The van der Waals surface area contributed by atoms with Gasteiger partial charge in [0.2, 0.25) is 5.91 Å². The van der Waals surface area contributed by atoms with Crippen LogP contribution in [-0.4, -0.2) is 28.7 Å². The highest BCUT2D eigenvalue weighted by Gasteiger charge is 2.17. The van der Waals surface area contributed by atoms with Crippen LogP contribution >= 0.6 is 0 Å². The molecule has 0 saturated carbocycles. The van der Waals surface area contributed by atoms with Crippen molar-refractivity contribution in [2.45, 2.75) is 6.54 Å². The standard InChI is InChI=1S/C24H21N3O4/c1-26(17-18-9-3-2-4-10-18)24(29)20-12-6-7-13-21(20)25-23(28)16-15-19-11-5-8-14-22(19)27(30)31/h2-16H,17H2,1H3,(H,25,28)/b16-15+. The smallest absolute Gasteiger partial charge is 0.276 e. The van der Waals surface area contributed by atoms with Crippen molar-refractivity contribution in [1.29, 1.82) is 0 Å². The molecule has 7 nitrogen and oxygen atoms in total. The van der Waals surface area contributed by atoms with Gasteiger partial charge >= 0.3 is 0 Å². The van der Waals surface area contributed by atoms with Crippen LogP contribution < -0.4 is 5.32 Å². The van der Waals surface area contributed by atoms with Gasteiger partial charge in [-0.3, -0.25) is 19.7 Å². The summed E-state index contributed by atoms with van der Waals surface area (Å²) in [5.74, 6) is -0.730. The summed E-state index contributed by atoms with van der Waals surface area (Å²) in [7, 11) is 1.70. The Morgan fingerprint density at radius 2 is 1.61 bits per heavy atom. The van der Waals surface area contributed by atoms with Gasteiger partial charge in [0.05, 0.1) is 21.7 Å². The number of anilines is 1.